The number of aryl methyl sites for hydroxylation is 1. The van der Waals surface area contributed by atoms with Crippen molar-refractivity contribution < 1.29 is 8.42 Å². The van der Waals surface area contributed by atoms with E-state index in [2.05, 4.69) is 26.0 Å². The molecule has 0 spiro atoms. The van der Waals surface area contributed by atoms with Crippen molar-refractivity contribution >= 4 is 37.3 Å². The summed E-state index contributed by atoms with van der Waals surface area (Å²) < 4.78 is 28.4. The number of thiophene rings is 1. The Hall–Kier alpha value is -0.730. The van der Waals surface area contributed by atoms with Crippen LogP contribution in [0.2, 0.25) is 0 Å². The summed E-state index contributed by atoms with van der Waals surface area (Å²) in [6.45, 7) is 2.77. The van der Waals surface area contributed by atoms with Gasteiger partial charge in [-0.1, -0.05) is 34.1 Å². The zero-order valence-corrected chi connectivity index (χ0v) is 15.0. The number of nitrogens with one attached hydrogen (secondary N) is 2. The molecule has 2 N–H and O–H groups in total. The lowest BCUT2D eigenvalue weighted by Crippen LogP contribution is -2.23. The Kier molecular flexibility index (Phi) is 5.56. The fourth-order valence-corrected chi connectivity index (χ4v) is 5.02. The lowest BCUT2D eigenvalue weighted by Gasteiger charge is -2.07. The third-order valence-electron chi connectivity index (χ3n) is 2.97. The first-order valence-electron chi connectivity index (χ1n) is 6.41. The second-order valence-corrected chi connectivity index (χ2v) is 8.51. The van der Waals surface area contributed by atoms with E-state index in [0.717, 1.165) is 19.8 Å². The van der Waals surface area contributed by atoms with Crippen LogP contribution in [0.3, 0.4) is 0 Å². The Morgan fingerprint density at radius 1 is 1.24 bits per heavy atom. The molecule has 0 unspecified atom stereocenters. The first-order valence-corrected chi connectivity index (χ1v) is 9.50. The molecule has 0 radical (unpaired) electrons. The summed E-state index contributed by atoms with van der Waals surface area (Å²) in [5.74, 6) is 0. The molecular weight excluding hydrogens is 372 g/mol. The highest BCUT2D eigenvalue weighted by atomic mass is 79.9. The Balaban J connectivity index is 2.17. The Bertz CT molecular complexity index is 726. The number of hydrogen-bond donors (Lipinski definition) is 2. The molecule has 0 atom stereocenters. The van der Waals surface area contributed by atoms with E-state index in [9.17, 15) is 8.42 Å². The van der Waals surface area contributed by atoms with Crippen molar-refractivity contribution in [2.75, 3.05) is 7.05 Å². The van der Waals surface area contributed by atoms with Crippen molar-refractivity contribution in [1.82, 2.24) is 10.0 Å². The molecule has 0 fully saturated rings. The zero-order chi connectivity index (χ0) is 15.5. The van der Waals surface area contributed by atoms with Crippen LogP contribution in [0.5, 0.6) is 0 Å². The number of sulfonamides is 1. The average Bonchev–Trinajstić information content (AvgIpc) is 2.80. The van der Waals surface area contributed by atoms with Gasteiger partial charge in [-0.3, -0.25) is 0 Å². The topological polar surface area (TPSA) is 58.2 Å². The van der Waals surface area contributed by atoms with Crippen LogP contribution in [0.25, 0.3) is 0 Å². The smallest absolute Gasteiger partial charge is 0.241 e. The van der Waals surface area contributed by atoms with Gasteiger partial charge in [0.15, 0.2) is 0 Å². The Morgan fingerprint density at radius 2 is 1.95 bits per heavy atom. The summed E-state index contributed by atoms with van der Waals surface area (Å²) in [7, 11) is -1.65. The molecule has 0 aliphatic rings. The van der Waals surface area contributed by atoms with Gasteiger partial charge in [-0.05, 0) is 31.7 Å². The Labute approximate surface area is 137 Å². The van der Waals surface area contributed by atoms with Gasteiger partial charge in [0.1, 0.15) is 0 Å². The van der Waals surface area contributed by atoms with Crippen LogP contribution in [0.4, 0.5) is 0 Å². The highest BCUT2D eigenvalue weighted by Crippen LogP contribution is 2.26. The van der Waals surface area contributed by atoms with Crippen LogP contribution in [0.15, 0.2) is 39.7 Å². The van der Waals surface area contributed by atoms with Crippen molar-refractivity contribution in [1.29, 1.82) is 0 Å². The molecule has 1 aromatic carbocycles. The van der Waals surface area contributed by atoms with Crippen molar-refractivity contribution in [2.24, 2.45) is 0 Å². The fourth-order valence-electron chi connectivity index (χ4n) is 1.94. The van der Waals surface area contributed by atoms with Crippen LogP contribution in [0, 0.1) is 6.92 Å². The Morgan fingerprint density at radius 3 is 2.62 bits per heavy atom. The van der Waals surface area contributed by atoms with E-state index in [-0.39, 0.29) is 6.54 Å². The quantitative estimate of drug-likeness (QED) is 0.799. The molecule has 0 saturated heterocycles. The molecule has 1 heterocycles. The summed E-state index contributed by atoms with van der Waals surface area (Å²) >= 11 is 4.92. The van der Waals surface area contributed by atoms with Gasteiger partial charge in [-0.25, -0.2) is 13.1 Å². The van der Waals surface area contributed by atoms with Gasteiger partial charge in [0.05, 0.1) is 4.90 Å². The minimum absolute atomic E-state index is 0.264. The lowest BCUT2D eigenvalue weighted by atomic mass is 10.2. The van der Waals surface area contributed by atoms with Crippen molar-refractivity contribution in [3.63, 3.8) is 0 Å². The van der Waals surface area contributed by atoms with E-state index in [1.54, 1.807) is 6.07 Å². The molecule has 7 heteroatoms. The van der Waals surface area contributed by atoms with Gasteiger partial charge < -0.3 is 5.32 Å². The average molecular weight is 389 g/mol. The standard InChI is InChI=1S/C14H17BrN2O2S2/c1-10-14(7-12(20-10)9-16-2)21(18,19)17-8-11-5-3-4-6-13(11)15/h3-7,16-17H,8-9H2,1-2H3. The van der Waals surface area contributed by atoms with Crippen LogP contribution in [-0.2, 0) is 23.1 Å². The third kappa shape index (κ3) is 4.14. The van der Waals surface area contributed by atoms with Crippen LogP contribution in [0.1, 0.15) is 15.3 Å². The highest BCUT2D eigenvalue weighted by molar-refractivity contribution is 9.10. The predicted molar refractivity (Wildman–Crippen MR) is 90.0 cm³/mol. The summed E-state index contributed by atoms with van der Waals surface area (Å²) in [6, 6.07) is 9.30. The van der Waals surface area contributed by atoms with Gasteiger partial charge in [-0.15, -0.1) is 11.3 Å². The molecule has 0 saturated carbocycles. The molecule has 21 heavy (non-hydrogen) atoms. The SMILES string of the molecule is CNCc1cc(S(=O)(=O)NCc2ccccc2Br)c(C)s1. The first kappa shape index (κ1) is 16.6. The van der Waals surface area contributed by atoms with E-state index in [1.807, 2.05) is 38.2 Å². The molecular formula is C14H17BrN2O2S2. The largest absolute Gasteiger partial charge is 0.315 e. The molecule has 4 nitrogen and oxygen atoms in total. The minimum Gasteiger partial charge on any atom is -0.315 e. The number of hydrogen-bond acceptors (Lipinski definition) is 4. The van der Waals surface area contributed by atoms with E-state index < -0.39 is 10.0 Å². The first-order chi connectivity index (χ1) is 9.94. The van der Waals surface area contributed by atoms with Gasteiger partial charge in [-0.2, -0.15) is 0 Å². The maximum Gasteiger partial charge on any atom is 0.241 e. The monoisotopic (exact) mass is 388 g/mol. The molecule has 2 rings (SSSR count). The molecule has 0 aliphatic heterocycles. The maximum atomic E-state index is 12.4. The lowest BCUT2D eigenvalue weighted by molar-refractivity contribution is 0.581. The van der Waals surface area contributed by atoms with Gasteiger partial charge in [0.2, 0.25) is 10.0 Å². The highest BCUT2D eigenvalue weighted by Gasteiger charge is 2.19. The van der Waals surface area contributed by atoms with Crippen molar-refractivity contribution in [3.8, 4) is 0 Å². The molecule has 114 valence electrons. The fraction of sp³-hybridized carbons (Fsp3) is 0.286. The minimum atomic E-state index is -3.49. The number of rotatable bonds is 6. The second kappa shape index (κ2) is 7.02. The van der Waals surface area contributed by atoms with Gasteiger partial charge >= 0.3 is 0 Å². The van der Waals surface area contributed by atoms with Crippen LogP contribution < -0.4 is 10.0 Å². The number of benzene rings is 1. The normalized spacial score (nSPS) is 11.8. The third-order valence-corrected chi connectivity index (χ3v) is 6.46. The molecule has 1 aromatic heterocycles. The summed E-state index contributed by atoms with van der Waals surface area (Å²) in [4.78, 5) is 2.18. The number of halogens is 1. The van der Waals surface area contributed by atoms with E-state index in [0.29, 0.717) is 11.4 Å². The van der Waals surface area contributed by atoms with Crippen LogP contribution >= 0.6 is 27.3 Å². The van der Waals surface area contributed by atoms with Gasteiger partial charge in [0.25, 0.3) is 0 Å². The van der Waals surface area contributed by atoms with Crippen molar-refractivity contribution in [2.45, 2.75) is 24.9 Å². The molecule has 0 aliphatic carbocycles. The molecule has 2 aromatic rings. The predicted octanol–water partition coefficient (Wildman–Crippen LogP) is 3.02. The van der Waals surface area contributed by atoms with Crippen LogP contribution in [-0.4, -0.2) is 15.5 Å². The van der Waals surface area contributed by atoms with E-state index >= 15 is 0 Å². The zero-order valence-electron chi connectivity index (χ0n) is 11.8. The maximum absolute atomic E-state index is 12.4. The molecule has 0 amide bonds. The van der Waals surface area contributed by atoms with E-state index in [1.165, 1.54) is 11.3 Å². The summed E-state index contributed by atoms with van der Waals surface area (Å²) in [5, 5.41) is 3.03. The summed E-state index contributed by atoms with van der Waals surface area (Å²) in [5.41, 5.74) is 0.907. The van der Waals surface area contributed by atoms with E-state index in [4.69, 9.17) is 0 Å². The molecule has 0 bridgehead atoms. The second-order valence-electron chi connectivity index (χ2n) is 4.58. The van der Waals surface area contributed by atoms with Crippen molar-refractivity contribution in [3.05, 3.63) is 50.1 Å². The van der Waals surface area contributed by atoms with Gasteiger partial charge in [0, 0.05) is 27.3 Å². The summed E-state index contributed by atoms with van der Waals surface area (Å²) in [6.07, 6.45) is 0.